The van der Waals surface area contributed by atoms with Gasteiger partial charge in [-0.3, -0.25) is 0 Å². The third-order valence-corrected chi connectivity index (χ3v) is 5.85. The zero-order valence-electron chi connectivity index (χ0n) is 14.9. The number of ether oxygens (including phenoxy) is 2. The van der Waals surface area contributed by atoms with E-state index in [1.54, 1.807) is 31.4 Å². The summed E-state index contributed by atoms with van der Waals surface area (Å²) >= 11 is 2.86. The number of nitrogens with zero attached hydrogens (tertiary/aromatic N) is 2. The maximum atomic E-state index is 12.5. The number of carbonyl (C=O) groups excluding carboxylic acids is 2. The molecule has 2 heterocycles. The molecule has 0 saturated carbocycles. The Morgan fingerprint density at radius 3 is 2.59 bits per heavy atom. The molecule has 0 aliphatic carbocycles. The van der Waals surface area contributed by atoms with E-state index >= 15 is 0 Å². The van der Waals surface area contributed by atoms with Crippen LogP contribution in [0.3, 0.4) is 0 Å². The number of thioether (sulfide) groups is 1. The van der Waals surface area contributed by atoms with Gasteiger partial charge in [-0.05, 0) is 24.6 Å². The second-order valence-electron chi connectivity index (χ2n) is 5.56. The first-order valence-corrected chi connectivity index (χ1v) is 9.77. The summed E-state index contributed by atoms with van der Waals surface area (Å²) in [5.41, 5.74) is 1.60. The van der Waals surface area contributed by atoms with Crippen molar-refractivity contribution in [2.45, 2.75) is 17.3 Å². The van der Waals surface area contributed by atoms with Crippen molar-refractivity contribution in [3.63, 3.8) is 0 Å². The average Bonchev–Trinajstić information content (AvgIpc) is 3.10. The van der Waals surface area contributed by atoms with Crippen LogP contribution in [0.25, 0.3) is 0 Å². The molecule has 0 saturated heterocycles. The largest absolute Gasteiger partial charge is 0.497 e. The van der Waals surface area contributed by atoms with E-state index in [1.165, 1.54) is 30.2 Å². The molecule has 3 rings (SSSR count). The molecule has 10 heteroatoms. The SMILES string of the molecule is COC(=O)C1=C(CSc2nnc(C)s2)NC(=O)N[C@@H]1c1ccc(OC)cc1. The molecule has 1 aliphatic rings. The van der Waals surface area contributed by atoms with Gasteiger partial charge in [0.15, 0.2) is 4.34 Å². The molecule has 27 heavy (non-hydrogen) atoms. The van der Waals surface area contributed by atoms with Crippen LogP contribution in [0.15, 0.2) is 39.9 Å². The Kier molecular flexibility index (Phi) is 5.97. The van der Waals surface area contributed by atoms with E-state index in [-0.39, 0.29) is 6.03 Å². The molecule has 1 atom stereocenters. The number of hydrogen-bond acceptors (Lipinski definition) is 8. The number of nitrogens with one attached hydrogen (secondary N) is 2. The van der Waals surface area contributed by atoms with Gasteiger partial charge in [0.1, 0.15) is 10.8 Å². The third-order valence-electron chi connectivity index (χ3n) is 3.86. The number of hydrogen-bond donors (Lipinski definition) is 2. The van der Waals surface area contributed by atoms with Gasteiger partial charge in [-0.1, -0.05) is 35.2 Å². The van der Waals surface area contributed by atoms with Gasteiger partial charge in [-0.25, -0.2) is 9.59 Å². The summed E-state index contributed by atoms with van der Waals surface area (Å²) in [4.78, 5) is 24.7. The quantitative estimate of drug-likeness (QED) is 0.561. The van der Waals surface area contributed by atoms with Crippen LogP contribution in [0.2, 0.25) is 0 Å². The maximum Gasteiger partial charge on any atom is 0.338 e. The van der Waals surface area contributed by atoms with Gasteiger partial charge in [-0.15, -0.1) is 10.2 Å². The monoisotopic (exact) mass is 406 g/mol. The molecule has 2 amide bonds. The lowest BCUT2D eigenvalue weighted by Crippen LogP contribution is -2.46. The van der Waals surface area contributed by atoms with E-state index in [4.69, 9.17) is 9.47 Å². The maximum absolute atomic E-state index is 12.5. The van der Waals surface area contributed by atoms with Crippen molar-refractivity contribution in [2.75, 3.05) is 20.0 Å². The normalized spacial score (nSPS) is 16.6. The summed E-state index contributed by atoms with van der Waals surface area (Å²) < 4.78 is 10.9. The fraction of sp³-hybridized carbons (Fsp3) is 0.294. The summed E-state index contributed by atoms with van der Waals surface area (Å²) in [5, 5.41) is 14.4. The van der Waals surface area contributed by atoms with Gasteiger partial charge in [0.2, 0.25) is 0 Å². The topological polar surface area (TPSA) is 102 Å². The summed E-state index contributed by atoms with van der Waals surface area (Å²) in [6, 6.07) is 6.15. The fourth-order valence-electron chi connectivity index (χ4n) is 2.60. The van der Waals surface area contributed by atoms with E-state index in [0.717, 1.165) is 14.9 Å². The summed E-state index contributed by atoms with van der Waals surface area (Å²) in [6.07, 6.45) is 0. The number of urea groups is 1. The lowest BCUT2D eigenvalue weighted by molar-refractivity contribution is -0.136. The minimum absolute atomic E-state index is 0.357. The summed E-state index contributed by atoms with van der Waals surface area (Å²) in [5.74, 6) is 0.538. The van der Waals surface area contributed by atoms with E-state index in [0.29, 0.717) is 22.8 Å². The Balaban J connectivity index is 1.94. The van der Waals surface area contributed by atoms with Gasteiger partial charge in [-0.2, -0.15) is 0 Å². The number of aromatic nitrogens is 2. The summed E-state index contributed by atoms with van der Waals surface area (Å²) in [6.45, 7) is 1.87. The van der Waals surface area contributed by atoms with Gasteiger partial charge >= 0.3 is 12.0 Å². The van der Waals surface area contributed by atoms with Crippen molar-refractivity contribution >= 4 is 35.1 Å². The van der Waals surface area contributed by atoms with Crippen molar-refractivity contribution in [1.29, 1.82) is 0 Å². The number of aryl methyl sites for hydroxylation is 1. The van der Waals surface area contributed by atoms with E-state index in [1.807, 2.05) is 6.92 Å². The first-order chi connectivity index (χ1) is 13.0. The van der Waals surface area contributed by atoms with E-state index in [2.05, 4.69) is 20.8 Å². The van der Waals surface area contributed by atoms with Crippen molar-refractivity contribution < 1.29 is 19.1 Å². The van der Waals surface area contributed by atoms with Crippen LogP contribution in [0.5, 0.6) is 5.75 Å². The Morgan fingerprint density at radius 2 is 2.00 bits per heavy atom. The van der Waals surface area contributed by atoms with Crippen LogP contribution in [0.4, 0.5) is 4.79 Å². The van der Waals surface area contributed by atoms with Crippen molar-refractivity contribution in [2.24, 2.45) is 0 Å². The molecule has 1 aromatic carbocycles. The molecule has 8 nitrogen and oxygen atoms in total. The zero-order chi connectivity index (χ0) is 19.4. The van der Waals surface area contributed by atoms with Crippen molar-refractivity contribution in [1.82, 2.24) is 20.8 Å². The minimum atomic E-state index is -0.621. The van der Waals surface area contributed by atoms with Gasteiger partial charge < -0.3 is 20.1 Å². The predicted molar refractivity (Wildman–Crippen MR) is 102 cm³/mol. The highest BCUT2D eigenvalue weighted by Gasteiger charge is 2.33. The molecule has 2 aromatic rings. The Hall–Kier alpha value is -2.59. The highest BCUT2D eigenvalue weighted by molar-refractivity contribution is 8.01. The molecule has 0 fully saturated rings. The van der Waals surface area contributed by atoms with Crippen molar-refractivity contribution in [3.8, 4) is 5.75 Å². The van der Waals surface area contributed by atoms with Crippen LogP contribution in [0.1, 0.15) is 16.6 Å². The third kappa shape index (κ3) is 4.40. The number of amides is 2. The predicted octanol–water partition coefficient (Wildman–Crippen LogP) is 2.43. The zero-order valence-corrected chi connectivity index (χ0v) is 16.6. The van der Waals surface area contributed by atoms with Gasteiger partial charge in [0.05, 0.1) is 25.8 Å². The molecular weight excluding hydrogens is 388 g/mol. The Labute approximate surface area is 164 Å². The minimum Gasteiger partial charge on any atom is -0.497 e. The number of benzene rings is 1. The van der Waals surface area contributed by atoms with Crippen LogP contribution in [-0.4, -0.2) is 42.2 Å². The number of rotatable bonds is 6. The molecule has 0 unspecified atom stereocenters. The van der Waals surface area contributed by atoms with Gasteiger partial charge in [0.25, 0.3) is 0 Å². The first kappa shape index (κ1) is 19.2. The fourth-order valence-corrected chi connectivity index (χ4v) is 4.38. The molecule has 0 radical (unpaired) electrons. The van der Waals surface area contributed by atoms with Crippen LogP contribution in [0, 0.1) is 6.92 Å². The Bertz CT molecular complexity index is 879. The molecule has 1 aliphatic heterocycles. The van der Waals surface area contributed by atoms with Crippen LogP contribution >= 0.6 is 23.1 Å². The number of carbonyl (C=O) groups is 2. The highest BCUT2D eigenvalue weighted by Crippen LogP contribution is 2.32. The Morgan fingerprint density at radius 1 is 1.26 bits per heavy atom. The van der Waals surface area contributed by atoms with E-state index in [9.17, 15) is 9.59 Å². The summed E-state index contributed by atoms with van der Waals surface area (Å²) in [7, 11) is 2.89. The standard InChI is InChI=1S/C17H18N4O4S2/c1-9-20-21-17(27-9)26-8-12-13(15(22)25-3)14(19-16(23)18-12)10-4-6-11(24-2)7-5-10/h4-7,14H,8H2,1-3H3,(H2,18,19,23)/t14-/m1/s1. The lowest BCUT2D eigenvalue weighted by Gasteiger charge is -2.29. The van der Waals surface area contributed by atoms with Crippen LogP contribution in [-0.2, 0) is 9.53 Å². The van der Waals surface area contributed by atoms with E-state index < -0.39 is 12.0 Å². The number of esters is 1. The first-order valence-electron chi connectivity index (χ1n) is 7.97. The lowest BCUT2D eigenvalue weighted by atomic mass is 9.95. The number of methoxy groups -OCH3 is 2. The second kappa shape index (κ2) is 8.40. The molecule has 0 bridgehead atoms. The second-order valence-corrected chi connectivity index (χ2v) is 7.97. The molecular formula is C17H18N4O4S2. The van der Waals surface area contributed by atoms with Gasteiger partial charge in [0, 0.05) is 11.4 Å². The van der Waals surface area contributed by atoms with Crippen LogP contribution < -0.4 is 15.4 Å². The van der Waals surface area contributed by atoms with Crippen molar-refractivity contribution in [3.05, 3.63) is 46.1 Å². The molecule has 142 valence electrons. The molecule has 2 N–H and O–H groups in total. The molecule has 0 spiro atoms. The average molecular weight is 406 g/mol. The smallest absolute Gasteiger partial charge is 0.338 e. The highest BCUT2D eigenvalue weighted by atomic mass is 32.2. The molecule has 1 aromatic heterocycles.